The maximum absolute atomic E-state index is 13.1. The molecular formula is C10H10F4N2. The molecular weight excluding hydrogens is 224 g/mol. The molecule has 1 aromatic rings. The average Bonchev–Trinajstić information content (AvgIpc) is 2.54. The minimum Gasteiger partial charge on any atom is -0.394 e. The van der Waals surface area contributed by atoms with Gasteiger partial charge in [0, 0.05) is 18.7 Å². The van der Waals surface area contributed by atoms with E-state index in [1.807, 2.05) is 0 Å². The first-order valence-corrected chi connectivity index (χ1v) is 4.76. The van der Waals surface area contributed by atoms with Crippen molar-refractivity contribution >= 4 is 11.4 Å². The zero-order chi connectivity index (χ0) is 11.9. The molecule has 88 valence electrons. The van der Waals surface area contributed by atoms with Gasteiger partial charge in [-0.15, -0.1) is 0 Å². The number of anilines is 2. The van der Waals surface area contributed by atoms with Gasteiger partial charge >= 0.3 is 0 Å². The van der Waals surface area contributed by atoms with Gasteiger partial charge in [0.1, 0.15) is 5.69 Å². The van der Waals surface area contributed by atoms with Gasteiger partial charge in [-0.1, -0.05) is 0 Å². The van der Waals surface area contributed by atoms with Crippen LogP contribution in [0.1, 0.15) is 6.42 Å². The highest BCUT2D eigenvalue weighted by atomic mass is 19.3. The van der Waals surface area contributed by atoms with Crippen LogP contribution in [0, 0.1) is 11.6 Å². The highest BCUT2D eigenvalue weighted by molar-refractivity contribution is 5.56. The molecule has 0 bridgehead atoms. The maximum atomic E-state index is 13.1. The Balaban J connectivity index is 2.29. The zero-order valence-corrected chi connectivity index (χ0v) is 8.31. The number of nitrogens with zero attached hydrogens (tertiary/aromatic N) is 1. The maximum Gasteiger partial charge on any atom is 0.266 e. The van der Waals surface area contributed by atoms with Crippen molar-refractivity contribution in [2.24, 2.45) is 0 Å². The first-order chi connectivity index (χ1) is 7.39. The van der Waals surface area contributed by atoms with Gasteiger partial charge in [-0.25, -0.2) is 17.6 Å². The summed E-state index contributed by atoms with van der Waals surface area (Å²) in [6.07, 6.45) is -0.305. The molecule has 0 atom stereocenters. The Bertz CT molecular complexity index is 396. The van der Waals surface area contributed by atoms with Crippen LogP contribution in [0.5, 0.6) is 0 Å². The van der Waals surface area contributed by atoms with E-state index in [1.165, 1.54) is 4.90 Å². The molecule has 0 aliphatic carbocycles. The van der Waals surface area contributed by atoms with Gasteiger partial charge in [-0.3, -0.25) is 0 Å². The minimum atomic E-state index is -2.80. The van der Waals surface area contributed by atoms with Crippen molar-refractivity contribution < 1.29 is 17.6 Å². The molecule has 1 aliphatic heterocycles. The average molecular weight is 234 g/mol. The van der Waals surface area contributed by atoms with Crippen LogP contribution in [0.15, 0.2) is 12.1 Å². The van der Waals surface area contributed by atoms with Crippen LogP contribution in [0.3, 0.4) is 0 Å². The monoisotopic (exact) mass is 234 g/mol. The van der Waals surface area contributed by atoms with E-state index >= 15 is 0 Å². The fourth-order valence-electron chi connectivity index (χ4n) is 1.71. The molecule has 0 amide bonds. The Hall–Kier alpha value is -1.46. The third-order valence-electron chi connectivity index (χ3n) is 2.60. The lowest BCUT2D eigenvalue weighted by Gasteiger charge is -2.18. The summed E-state index contributed by atoms with van der Waals surface area (Å²) in [6, 6.07) is 1.94. The molecule has 1 aromatic carbocycles. The van der Waals surface area contributed by atoms with Gasteiger partial charge < -0.3 is 10.6 Å². The number of nitrogen functional groups attached to an aromatic ring is 1. The highest BCUT2D eigenvalue weighted by Gasteiger charge is 2.38. The van der Waals surface area contributed by atoms with Gasteiger partial charge in [0.25, 0.3) is 5.92 Å². The Morgan fingerprint density at radius 1 is 1.19 bits per heavy atom. The van der Waals surface area contributed by atoms with E-state index in [9.17, 15) is 17.6 Å². The van der Waals surface area contributed by atoms with Crippen LogP contribution in [-0.4, -0.2) is 19.0 Å². The van der Waals surface area contributed by atoms with E-state index in [-0.39, 0.29) is 18.7 Å². The quantitative estimate of drug-likeness (QED) is 0.597. The number of hydrogen-bond acceptors (Lipinski definition) is 2. The van der Waals surface area contributed by atoms with Crippen LogP contribution in [0.2, 0.25) is 0 Å². The van der Waals surface area contributed by atoms with E-state index < -0.39 is 29.8 Å². The Labute approximate surface area is 89.6 Å². The van der Waals surface area contributed by atoms with E-state index in [2.05, 4.69) is 0 Å². The van der Waals surface area contributed by atoms with Crippen LogP contribution < -0.4 is 10.6 Å². The minimum absolute atomic E-state index is 0.0792. The Morgan fingerprint density at radius 3 is 2.19 bits per heavy atom. The van der Waals surface area contributed by atoms with Crippen LogP contribution in [-0.2, 0) is 0 Å². The first-order valence-electron chi connectivity index (χ1n) is 4.76. The standard InChI is InChI=1S/C10H10F4N2/c11-7-3-6(4-8(12)9(7)15)16-2-1-10(13,14)5-16/h3-4H,1-2,5,15H2. The zero-order valence-electron chi connectivity index (χ0n) is 8.31. The Kier molecular flexibility index (Phi) is 2.44. The summed E-state index contributed by atoms with van der Waals surface area (Å²) in [4.78, 5) is 1.24. The number of halogens is 4. The summed E-state index contributed by atoms with van der Waals surface area (Å²) in [5, 5.41) is 0. The fraction of sp³-hybridized carbons (Fsp3) is 0.400. The van der Waals surface area contributed by atoms with E-state index in [1.54, 1.807) is 0 Å². The molecule has 0 unspecified atom stereocenters. The Morgan fingerprint density at radius 2 is 1.75 bits per heavy atom. The summed E-state index contributed by atoms with van der Waals surface area (Å²) in [5.41, 5.74) is 4.60. The smallest absolute Gasteiger partial charge is 0.266 e. The molecule has 2 nitrogen and oxygen atoms in total. The third-order valence-corrected chi connectivity index (χ3v) is 2.60. The second kappa shape index (κ2) is 3.54. The molecule has 1 fully saturated rings. The van der Waals surface area contributed by atoms with Crippen molar-refractivity contribution in [1.29, 1.82) is 0 Å². The fourth-order valence-corrected chi connectivity index (χ4v) is 1.71. The molecule has 1 aliphatic rings. The normalized spacial score (nSPS) is 19.1. The lowest BCUT2D eigenvalue weighted by atomic mass is 10.2. The first kappa shape index (κ1) is 11.0. The molecule has 1 saturated heterocycles. The predicted molar refractivity (Wildman–Crippen MR) is 52.5 cm³/mol. The van der Waals surface area contributed by atoms with Gasteiger partial charge in [-0.05, 0) is 12.1 Å². The van der Waals surface area contributed by atoms with Crippen LogP contribution in [0.25, 0.3) is 0 Å². The largest absolute Gasteiger partial charge is 0.394 e. The lowest BCUT2D eigenvalue weighted by molar-refractivity contribution is 0.0257. The molecule has 16 heavy (non-hydrogen) atoms. The van der Waals surface area contributed by atoms with E-state index in [0.717, 1.165) is 12.1 Å². The summed E-state index contributed by atoms with van der Waals surface area (Å²) < 4.78 is 52.0. The van der Waals surface area contributed by atoms with Crippen LogP contribution >= 0.6 is 0 Å². The second-order valence-corrected chi connectivity index (χ2v) is 3.85. The van der Waals surface area contributed by atoms with Crippen molar-refractivity contribution in [2.75, 3.05) is 23.7 Å². The molecule has 0 radical (unpaired) electrons. The molecule has 1 heterocycles. The van der Waals surface area contributed by atoms with Crippen molar-refractivity contribution in [3.05, 3.63) is 23.8 Å². The summed E-state index contributed by atoms with van der Waals surface area (Å²) >= 11 is 0. The number of benzene rings is 1. The number of nitrogens with two attached hydrogens (primary N) is 1. The molecule has 2 N–H and O–H groups in total. The second-order valence-electron chi connectivity index (χ2n) is 3.85. The summed E-state index contributed by atoms with van der Waals surface area (Å²) in [5.74, 6) is -4.65. The predicted octanol–water partition coefficient (Wildman–Crippen LogP) is 2.39. The molecule has 2 rings (SSSR count). The van der Waals surface area contributed by atoms with Gasteiger partial charge in [0.05, 0.1) is 6.54 Å². The van der Waals surface area contributed by atoms with Crippen LogP contribution in [0.4, 0.5) is 28.9 Å². The summed E-state index contributed by atoms with van der Waals surface area (Å²) in [6.45, 7) is -0.439. The van der Waals surface area contributed by atoms with Gasteiger partial charge in [-0.2, -0.15) is 0 Å². The van der Waals surface area contributed by atoms with Gasteiger partial charge in [0.2, 0.25) is 0 Å². The molecule has 6 heteroatoms. The van der Waals surface area contributed by atoms with Gasteiger partial charge in [0.15, 0.2) is 11.6 Å². The summed E-state index contributed by atoms with van der Waals surface area (Å²) in [7, 11) is 0. The van der Waals surface area contributed by atoms with Crippen molar-refractivity contribution in [3.63, 3.8) is 0 Å². The lowest BCUT2D eigenvalue weighted by Crippen LogP contribution is -2.25. The van der Waals surface area contributed by atoms with E-state index in [4.69, 9.17) is 5.73 Å². The molecule has 0 saturated carbocycles. The number of hydrogen-bond donors (Lipinski definition) is 1. The molecule has 0 aromatic heterocycles. The van der Waals surface area contributed by atoms with Crippen molar-refractivity contribution in [3.8, 4) is 0 Å². The van der Waals surface area contributed by atoms with E-state index in [0.29, 0.717) is 0 Å². The molecule has 0 spiro atoms. The number of rotatable bonds is 1. The topological polar surface area (TPSA) is 29.3 Å². The number of alkyl halides is 2. The van der Waals surface area contributed by atoms with Crippen molar-refractivity contribution in [1.82, 2.24) is 0 Å². The SMILES string of the molecule is Nc1c(F)cc(N2CCC(F)(F)C2)cc1F. The van der Waals surface area contributed by atoms with Crippen molar-refractivity contribution in [2.45, 2.75) is 12.3 Å². The third kappa shape index (κ3) is 1.91. The highest BCUT2D eigenvalue weighted by Crippen LogP contribution is 2.32.